The number of rotatable bonds is 3. The Balaban J connectivity index is 1.94. The van der Waals surface area contributed by atoms with Gasteiger partial charge in [-0.1, -0.05) is 24.3 Å². The summed E-state index contributed by atoms with van der Waals surface area (Å²) < 4.78 is 6.84. The Morgan fingerprint density at radius 3 is 2.83 bits per heavy atom. The molecule has 0 aliphatic carbocycles. The van der Waals surface area contributed by atoms with Gasteiger partial charge >= 0.3 is 5.69 Å². The Labute approximate surface area is 134 Å². The molecule has 0 amide bonds. The molecule has 3 rings (SSSR count). The van der Waals surface area contributed by atoms with Gasteiger partial charge in [0.25, 0.3) is 5.56 Å². The topological polar surface area (TPSA) is 76.1 Å². The molecule has 0 saturated heterocycles. The Hall–Kier alpha value is -2.34. The van der Waals surface area contributed by atoms with Gasteiger partial charge in [-0.15, -0.1) is 0 Å². The zero-order valence-electron chi connectivity index (χ0n) is 13.3. The number of H-pyrrole nitrogens is 1. The highest BCUT2D eigenvalue weighted by molar-refractivity contribution is 5.40. The van der Waals surface area contributed by atoms with Crippen LogP contribution in [0.5, 0.6) is 0 Å². The van der Waals surface area contributed by atoms with Gasteiger partial charge in [-0.3, -0.25) is 14.3 Å². The summed E-state index contributed by atoms with van der Waals surface area (Å²) in [6.45, 7) is 4.77. The summed E-state index contributed by atoms with van der Waals surface area (Å²) >= 11 is 0. The van der Waals surface area contributed by atoms with Crippen LogP contribution in [0.3, 0.4) is 0 Å². The number of hydrogen-bond donors (Lipinski definition) is 2. The molecule has 0 fully saturated rings. The maximum atomic E-state index is 12.1. The highest BCUT2D eigenvalue weighted by atomic mass is 16.5. The predicted octanol–water partition coefficient (Wildman–Crippen LogP) is 1.84. The van der Waals surface area contributed by atoms with Gasteiger partial charge in [-0.25, -0.2) is 4.79 Å². The van der Waals surface area contributed by atoms with Gasteiger partial charge in [0, 0.05) is 12.1 Å². The van der Waals surface area contributed by atoms with Gasteiger partial charge < -0.3 is 10.1 Å². The number of benzene rings is 1. The Morgan fingerprint density at radius 1 is 1.30 bits per heavy atom. The third-order valence-electron chi connectivity index (χ3n) is 4.04. The van der Waals surface area contributed by atoms with Gasteiger partial charge in [0.2, 0.25) is 0 Å². The van der Waals surface area contributed by atoms with Crippen LogP contribution < -0.4 is 16.6 Å². The Morgan fingerprint density at radius 2 is 2.09 bits per heavy atom. The average molecular weight is 315 g/mol. The van der Waals surface area contributed by atoms with Crippen molar-refractivity contribution in [2.24, 2.45) is 0 Å². The first kappa shape index (κ1) is 15.6. The lowest BCUT2D eigenvalue weighted by molar-refractivity contribution is 0.135. The normalized spacial score (nSPS) is 17.6. The van der Waals surface area contributed by atoms with Gasteiger partial charge in [0.15, 0.2) is 0 Å². The van der Waals surface area contributed by atoms with E-state index in [0.717, 1.165) is 12.0 Å². The van der Waals surface area contributed by atoms with Crippen molar-refractivity contribution < 1.29 is 4.74 Å². The van der Waals surface area contributed by atoms with Gasteiger partial charge in [0.1, 0.15) is 5.82 Å². The van der Waals surface area contributed by atoms with Gasteiger partial charge in [0.05, 0.1) is 19.3 Å². The molecule has 2 heterocycles. The second-order valence-corrected chi connectivity index (χ2v) is 6.01. The predicted molar refractivity (Wildman–Crippen MR) is 89.0 cm³/mol. The molecular formula is C17H21N3O3. The van der Waals surface area contributed by atoms with Crippen LogP contribution in [0, 0.1) is 0 Å². The number of aromatic amines is 1. The van der Waals surface area contributed by atoms with E-state index >= 15 is 0 Å². The summed E-state index contributed by atoms with van der Waals surface area (Å²) in [5.74, 6) is 0.419. The second kappa shape index (κ2) is 6.42. The largest absolute Gasteiger partial charge is 0.379 e. The van der Waals surface area contributed by atoms with Crippen molar-refractivity contribution in [2.45, 2.75) is 32.4 Å². The van der Waals surface area contributed by atoms with Crippen LogP contribution in [0.4, 0.5) is 5.82 Å². The molecule has 0 spiro atoms. The molecule has 2 N–H and O–H groups in total. The van der Waals surface area contributed by atoms with Gasteiger partial charge in [-0.05, 0) is 31.4 Å². The van der Waals surface area contributed by atoms with E-state index in [0.29, 0.717) is 19.0 Å². The number of aromatic nitrogens is 2. The molecule has 6 nitrogen and oxygen atoms in total. The van der Waals surface area contributed by atoms with E-state index in [1.54, 1.807) is 13.8 Å². The quantitative estimate of drug-likeness (QED) is 0.906. The van der Waals surface area contributed by atoms with Crippen molar-refractivity contribution in [1.29, 1.82) is 0 Å². The smallest absolute Gasteiger partial charge is 0.330 e. The van der Waals surface area contributed by atoms with Crippen molar-refractivity contribution in [3.05, 3.63) is 62.3 Å². The number of anilines is 1. The van der Waals surface area contributed by atoms with E-state index < -0.39 is 5.69 Å². The lowest BCUT2D eigenvalue weighted by Crippen LogP contribution is -2.36. The van der Waals surface area contributed by atoms with E-state index in [1.807, 2.05) is 12.1 Å². The number of ether oxygens (including phenoxy) is 1. The minimum atomic E-state index is -0.405. The summed E-state index contributed by atoms with van der Waals surface area (Å²) in [4.78, 5) is 27.0. The fourth-order valence-electron chi connectivity index (χ4n) is 2.95. The molecule has 1 aliphatic heterocycles. The number of hydrogen-bond acceptors (Lipinski definition) is 4. The number of fused-ring (bicyclic) bond motifs is 1. The van der Waals surface area contributed by atoms with Crippen LogP contribution in [0.15, 0.2) is 39.9 Å². The van der Waals surface area contributed by atoms with Crippen molar-refractivity contribution in [3.8, 4) is 0 Å². The molecule has 1 aromatic carbocycles. The zero-order valence-corrected chi connectivity index (χ0v) is 13.3. The molecular weight excluding hydrogens is 294 g/mol. The van der Waals surface area contributed by atoms with E-state index in [-0.39, 0.29) is 17.6 Å². The van der Waals surface area contributed by atoms with E-state index in [9.17, 15) is 9.59 Å². The minimum absolute atomic E-state index is 0.0985. The first-order valence-electron chi connectivity index (χ1n) is 7.84. The molecule has 0 radical (unpaired) electrons. The van der Waals surface area contributed by atoms with Crippen LogP contribution in [0.1, 0.15) is 37.1 Å². The van der Waals surface area contributed by atoms with Crippen LogP contribution in [-0.4, -0.2) is 22.8 Å². The maximum Gasteiger partial charge on any atom is 0.330 e. The molecule has 1 aromatic heterocycles. The van der Waals surface area contributed by atoms with Crippen LogP contribution in [0.25, 0.3) is 0 Å². The maximum absolute atomic E-state index is 12.1. The highest BCUT2D eigenvalue weighted by Gasteiger charge is 2.19. The molecule has 1 aliphatic rings. The molecule has 0 saturated carbocycles. The second-order valence-electron chi connectivity index (χ2n) is 6.01. The Bertz CT molecular complexity index is 776. The molecule has 2 aromatic rings. The minimum Gasteiger partial charge on any atom is -0.379 e. The van der Waals surface area contributed by atoms with Crippen molar-refractivity contribution in [2.75, 3.05) is 18.5 Å². The summed E-state index contributed by atoms with van der Waals surface area (Å²) in [7, 11) is 0. The van der Waals surface area contributed by atoms with Gasteiger partial charge in [-0.2, -0.15) is 0 Å². The molecule has 1 atom stereocenters. The third kappa shape index (κ3) is 3.22. The third-order valence-corrected chi connectivity index (χ3v) is 4.04. The fourth-order valence-corrected chi connectivity index (χ4v) is 2.95. The lowest BCUT2D eigenvalue weighted by Gasteiger charge is -2.20. The zero-order chi connectivity index (χ0) is 16.4. The summed E-state index contributed by atoms with van der Waals surface area (Å²) in [6.07, 6.45) is 0.861. The first-order valence-corrected chi connectivity index (χ1v) is 7.84. The molecule has 1 unspecified atom stereocenters. The number of nitrogens with one attached hydrogen (secondary N) is 2. The fraction of sp³-hybridized carbons (Fsp3) is 0.412. The van der Waals surface area contributed by atoms with Crippen molar-refractivity contribution >= 4 is 5.82 Å². The lowest BCUT2D eigenvalue weighted by atomic mass is 10.00. The molecule has 0 bridgehead atoms. The van der Waals surface area contributed by atoms with Crippen molar-refractivity contribution in [3.63, 3.8) is 0 Å². The van der Waals surface area contributed by atoms with Crippen LogP contribution >= 0.6 is 0 Å². The van der Waals surface area contributed by atoms with E-state index in [2.05, 4.69) is 22.4 Å². The summed E-state index contributed by atoms with van der Waals surface area (Å²) in [6, 6.07) is 9.27. The molecule has 122 valence electrons. The SMILES string of the molecule is CC(C)n1c(=O)cc(NC2COCCc3ccccc32)[nH]c1=O. The summed E-state index contributed by atoms with van der Waals surface area (Å²) in [5, 5.41) is 3.23. The van der Waals surface area contributed by atoms with Crippen molar-refractivity contribution in [1.82, 2.24) is 9.55 Å². The molecule has 6 heteroatoms. The monoisotopic (exact) mass is 315 g/mol. The molecule has 23 heavy (non-hydrogen) atoms. The van der Waals surface area contributed by atoms with Crippen LogP contribution in [0.2, 0.25) is 0 Å². The number of nitrogens with zero attached hydrogens (tertiary/aromatic N) is 1. The Kier molecular flexibility index (Phi) is 4.34. The van der Waals surface area contributed by atoms with E-state index in [1.165, 1.54) is 16.2 Å². The van der Waals surface area contributed by atoms with E-state index in [4.69, 9.17) is 4.74 Å². The summed E-state index contributed by atoms with van der Waals surface area (Å²) in [5.41, 5.74) is 1.64. The highest BCUT2D eigenvalue weighted by Crippen LogP contribution is 2.24. The standard InChI is InChI=1S/C17H21N3O3/c1-11(2)20-16(21)9-15(19-17(20)22)18-14-10-23-8-7-12-5-3-4-6-13(12)14/h3-6,9,11,14,18H,7-8,10H2,1-2H3,(H,19,22). The average Bonchev–Trinajstić information content (AvgIpc) is 2.69. The first-order chi connectivity index (χ1) is 11.1. The van der Waals surface area contributed by atoms with Crippen LogP contribution in [-0.2, 0) is 11.2 Å².